The highest BCUT2D eigenvalue weighted by Gasteiger charge is 2.32. The van der Waals surface area contributed by atoms with Gasteiger partial charge in [0.05, 0.1) is 12.1 Å². The maximum absolute atomic E-state index is 14.1. The Labute approximate surface area is 228 Å². The van der Waals surface area contributed by atoms with Gasteiger partial charge in [0.15, 0.2) is 0 Å². The zero-order chi connectivity index (χ0) is 25.1. The molecule has 0 bridgehead atoms. The van der Waals surface area contributed by atoms with Gasteiger partial charge in [0.2, 0.25) is 0 Å². The molecule has 1 fully saturated rings. The molecule has 37 heavy (non-hydrogen) atoms. The number of halogens is 1. The van der Waals surface area contributed by atoms with E-state index in [1.54, 1.807) is 19.5 Å². The predicted octanol–water partition coefficient (Wildman–Crippen LogP) is 7.43. The Morgan fingerprint density at radius 1 is 1.08 bits per heavy atom. The molecule has 1 aliphatic carbocycles. The normalized spacial score (nSPS) is 17.3. The van der Waals surface area contributed by atoms with Crippen LogP contribution >= 0.6 is 22.9 Å². The van der Waals surface area contributed by atoms with Crippen LogP contribution in [0.3, 0.4) is 0 Å². The first-order valence-electron chi connectivity index (χ1n) is 12.3. The monoisotopic (exact) mass is 535 g/mol. The van der Waals surface area contributed by atoms with Crippen molar-refractivity contribution in [1.29, 1.82) is 0 Å². The summed E-state index contributed by atoms with van der Waals surface area (Å²) in [6, 6.07) is 18.7. The number of nitrogens with zero attached hydrogens (tertiary/aromatic N) is 2. The number of ether oxygens (including phenoxy) is 1. The highest BCUT2D eigenvalue weighted by molar-refractivity contribution is 7.21. The molecule has 0 atom stereocenters. The van der Waals surface area contributed by atoms with E-state index < -0.39 is 0 Å². The molecule has 4 aromatic rings. The Morgan fingerprint density at radius 3 is 2.49 bits per heavy atom. The summed E-state index contributed by atoms with van der Waals surface area (Å²) < 4.78 is 6.76. The van der Waals surface area contributed by atoms with Crippen molar-refractivity contribution < 1.29 is 9.53 Å². The number of amides is 1. The lowest BCUT2D eigenvalue weighted by atomic mass is 9.89. The van der Waals surface area contributed by atoms with Gasteiger partial charge in [-0.2, -0.15) is 0 Å². The predicted molar refractivity (Wildman–Crippen MR) is 155 cm³/mol. The van der Waals surface area contributed by atoms with E-state index in [0.717, 1.165) is 58.2 Å². The largest absolute Gasteiger partial charge is 0.496 e. The van der Waals surface area contributed by atoms with Crippen molar-refractivity contribution in [3.05, 3.63) is 82.5 Å². The van der Waals surface area contributed by atoms with Crippen LogP contribution in [0.2, 0.25) is 5.02 Å². The number of benzene rings is 2. The van der Waals surface area contributed by atoms with Crippen LogP contribution in [0.1, 0.15) is 48.3 Å². The second-order valence-electron chi connectivity index (χ2n) is 9.23. The number of carbonyl (C=O) groups is 1. The number of methoxy groups -OCH3 is 1. The lowest BCUT2D eigenvalue weighted by Gasteiger charge is -2.37. The molecule has 7 heteroatoms. The summed E-state index contributed by atoms with van der Waals surface area (Å²) in [7, 11) is 3.69. The van der Waals surface area contributed by atoms with Gasteiger partial charge in [-0.05, 0) is 74.2 Å². The fraction of sp³-hybridized carbons (Fsp3) is 0.333. The SMILES string of the molecule is C.CNC1CCC(N(Cc2cc(-c3ccncc3)ccc2OC)C(=O)c2sc3ccccc3c2Cl)CC1. The van der Waals surface area contributed by atoms with Crippen molar-refractivity contribution in [1.82, 2.24) is 15.2 Å². The van der Waals surface area contributed by atoms with E-state index in [1.165, 1.54) is 11.3 Å². The summed E-state index contributed by atoms with van der Waals surface area (Å²) in [5.41, 5.74) is 3.13. The van der Waals surface area contributed by atoms with Crippen molar-refractivity contribution in [2.45, 2.75) is 51.7 Å². The Morgan fingerprint density at radius 2 is 1.81 bits per heavy atom. The molecular weight excluding hydrogens is 502 g/mol. The van der Waals surface area contributed by atoms with Crippen LogP contribution in [0.15, 0.2) is 67.0 Å². The molecule has 5 nitrogen and oxygen atoms in total. The quantitative estimate of drug-likeness (QED) is 0.267. The van der Waals surface area contributed by atoms with E-state index in [9.17, 15) is 4.79 Å². The van der Waals surface area contributed by atoms with Gasteiger partial charge in [-0.1, -0.05) is 43.3 Å². The molecular formula is C30H34ClN3O2S. The molecule has 2 aromatic heterocycles. The molecule has 2 aromatic carbocycles. The average Bonchev–Trinajstić information content (AvgIpc) is 3.28. The van der Waals surface area contributed by atoms with Crippen molar-refractivity contribution >= 4 is 38.9 Å². The van der Waals surface area contributed by atoms with E-state index in [0.29, 0.717) is 22.5 Å². The minimum atomic E-state index is -0.00882. The van der Waals surface area contributed by atoms with Crippen LogP contribution in [0.5, 0.6) is 5.75 Å². The smallest absolute Gasteiger partial charge is 0.266 e. The summed E-state index contributed by atoms with van der Waals surface area (Å²) in [6.45, 7) is 0.459. The van der Waals surface area contributed by atoms with Crippen molar-refractivity contribution in [2.24, 2.45) is 0 Å². The Balaban J connectivity index is 0.00000320. The second-order valence-corrected chi connectivity index (χ2v) is 10.7. The molecule has 0 aliphatic heterocycles. The van der Waals surface area contributed by atoms with E-state index in [4.69, 9.17) is 16.3 Å². The first-order valence-corrected chi connectivity index (χ1v) is 13.5. The summed E-state index contributed by atoms with van der Waals surface area (Å²) in [5.74, 6) is 0.766. The number of hydrogen-bond donors (Lipinski definition) is 1. The average molecular weight is 536 g/mol. The van der Waals surface area contributed by atoms with Gasteiger partial charge in [0.1, 0.15) is 10.6 Å². The molecule has 5 rings (SSSR count). The third-order valence-electron chi connectivity index (χ3n) is 7.17. The van der Waals surface area contributed by atoms with Crippen LogP contribution in [-0.4, -0.2) is 42.0 Å². The van der Waals surface area contributed by atoms with Gasteiger partial charge >= 0.3 is 0 Å². The van der Waals surface area contributed by atoms with Crippen LogP contribution in [0, 0.1) is 0 Å². The van der Waals surface area contributed by atoms with Crippen molar-refractivity contribution in [3.8, 4) is 16.9 Å². The molecule has 2 heterocycles. The van der Waals surface area contributed by atoms with E-state index >= 15 is 0 Å². The molecule has 194 valence electrons. The molecule has 1 saturated carbocycles. The zero-order valence-electron chi connectivity index (χ0n) is 20.5. The third kappa shape index (κ3) is 5.66. The first kappa shape index (κ1) is 27.1. The van der Waals surface area contributed by atoms with Gasteiger partial charge in [-0.15, -0.1) is 11.3 Å². The van der Waals surface area contributed by atoms with Gasteiger partial charge in [0, 0.05) is 46.7 Å². The molecule has 0 saturated heterocycles. The highest BCUT2D eigenvalue weighted by Crippen LogP contribution is 2.38. The second kappa shape index (κ2) is 12.1. The Bertz CT molecular complexity index is 1350. The molecule has 1 N–H and O–H groups in total. The lowest BCUT2D eigenvalue weighted by molar-refractivity contribution is 0.0604. The molecule has 1 aliphatic rings. The lowest BCUT2D eigenvalue weighted by Crippen LogP contribution is -2.44. The fourth-order valence-corrected chi connectivity index (χ4v) is 6.60. The van der Waals surface area contributed by atoms with Crippen LogP contribution < -0.4 is 10.1 Å². The summed E-state index contributed by atoms with van der Waals surface area (Å²) >= 11 is 8.25. The van der Waals surface area contributed by atoms with E-state index in [1.807, 2.05) is 60.5 Å². The summed E-state index contributed by atoms with van der Waals surface area (Å²) in [5, 5.41) is 4.88. The van der Waals surface area contributed by atoms with Crippen LogP contribution in [-0.2, 0) is 6.54 Å². The maximum atomic E-state index is 14.1. The van der Waals surface area contributed by atoms with Gasteiger partial charge < -0.3 is 15.0 Å². The number of aromatic nitrogens is 1. The number of fused-ring (bicyclic) bond motifs is 1. The Hall–Kier alpha value is -2.93. The van der Waals surface area contributed by atoms with Crippen LogP contribution in [0.4, 0.5) is 0 Å². The van der Waals surface area contributed by atoms with E-state index in [2.05, 4.69) is 16.4 Å². The Kier molecular flexibility index (Phi) is 8.85. The van der Waals surface area contributed by atoms with Gasteiger partial charge in [0.25, 0.3) is 5.91 Å². The van der Waals surface area contributed by atoms with Crippen molar-refractivity contribution in [2.75, 3.05) is 14.2 Å². The number of hydrogen-bond acceptors (Lipinski definition) is 5. The fourth-order valence-electron chi connectivity index (χ4n) is 5.13. The molecule has 0 unspecified atom stereocenters. The number of thiophene rings is 1. The van der Waals surface area contributed by atoms with Gasteiger partial charge in [-0.25, -0.2) is 0 Å². The standard InChI is InChI=1S/C29H30ClN3O2S.CH4/c1-31-22-8-10-23(11-9-22)33(29(34)28-27(30)24-5-3-4-6-26(24)36-28)18-21-17-20(7-12-25(21)35-2)19-13-15-32-16-14-19;/h3-7,12-17,22-23,31H,8-11,18H2,1-2H3;1H4. The summed E-state index contributed by atoms with van der Waals surface area (Å²) in [4.78, 5) is 20.9. The minimum absolute atomic E-state index is 0. The van der Waals surface area contributed by atoms with E-state index in [-0.39, 0.29) is 19.4 Å². The topological polar surface area (TPSA) is 54.5 Å². The highest BCUT2D eigenvalue weighted by atomic mass is 35.5. The number of rotatable bonds is 7. The zero-order valence-corrected chi connectivity index (χ0v) is 22.1. The van der Waals surface area contributed by atoms with Crippen molar-refractivity contribution in [3.63, 3.8) is 0 Å². The maximum Gasteiger partial charge on any atom is 0.266 e. The third-order valence-corrected chi connectivity index (χ3v) is 8.83. The minimum Gasteiger partial charge on any atom is -0.496 e. The number of carbonyl (C=O) groups excluding carboxylic acids is 1. The van der Waals surface area contributed by atoms with Gasteiger partial charge in [-0.3, -0.25) is 9.78 Å². The summed E-state index contributed by atoms with van der Waals surface area (Å²) in [6.07, 6.45) is 7.56. The first-order chi connectivity index (χ1) is 17.6. The number of pyridine rings is 1. The van der Waals surface area contributed by atoms with Crippen LogP contribution in [0.25, 0.3) is 21.2 Å². The number of nitrogens with one attached hydrogen (secondary N) is 1. The molecule has 0 spiro atoms. The molecule has 1 amide bonds. The molecule has 0 radical (unpaired) electrons.